The number of nitrogens with zero attached hydrogens (tertiary/aromatic N) is 1. The van der Waals surface area contributed by atoms with Crippen LogP contribution in [0.15, 0.2) is 0 Å². The molecule has 1 saturated heterocycles. The zero-order valence-electron chi connectivity index (χ0n) is 13.4. The fraction of sp³-hybridized carbons (Fsp3) is 1.00. The third-order valence-corrected chi connectivity index (χ3v) is 6.06. The standard InChI is InChI=1S/C14H31N3O2S/c1-5-8-15-11-13(2)20(18,19)16-12-14(3)6-9-17(4)10-7-14/h13,15-16H,5-12H2,1-4H3. The van der Waals surface area contributed by atoms with Crippen molar-refractivity contribution in [1.29, 1.82) is 0 Å². The lowest BCUT2D eigenvalue weighted by molar-refractivity contribution is 0.143. The number of rotatable bonds is 8. The van der Waals surface area contributed by atoms with Gasteiger partial charge < -0.3 is 10.2 Å². The topological polar surface area (TPSA) is 61.4 Å². The summed E-state index contributed by atoms with van der Waals surface area (Å²) in [6, 6.07) is 0. The molecule has 0 saturated carbocycles. The zero-order chi connectivity index (χ0) is 15.2. The molecule has 1 unspecified atom stereocenters. The molecule has 0 amide bonds. The van der Waals surface area contributed by atoms with Crippen molar-refractivity contribution in [3.05, 3.63) is 0 Å². The van der Waals surface area contributed by atoms with Crippen LogP contribution in [-0.4, -0.2) is 58.3 Å². The number of piperidine rings is 1. The normalized spacial score (nSPS) is 21.8. The molecule has 0 aromatic carbocycles. The summed E-state index contributed by atoms with van der Waals surface area (Å²) in [5.74, 6) is 0. The van der Waals surface area contributed by atoms with E-state index in [4.69, 9.17) is 0 Å². The zero-order valence-corrected chi connectivity index (χ0v) is 14.2. The molecule has 0 aliphatic carbocycles. The Hall–Kier alpha value is -0.170. The lowest BCUT2D eigenvalue weighted by Gasteiger charge is -2.38. The fourth-order valence-electron chi connectivity index (χ4n) is 2.34. The van der Waals surface area contributed by atoms with Gasteiger partial charge in [0, 0.05) is 13.1 Å². The maximum Gasteiger partial charge on any atom is 0.215 e. The Kier molecular flexibility index (Phi) is 6.91. The van der Waals surface area contributed by atoms with Gasteiger partial charge in [-0.25, -0.2) is 13.1 Å². The SMILES string of the molecule is CCCNCC(C)S(=O)(=O)NCC1(C)CCN(C)CC1. The molecule has 1 rings (SSSR count). The van der Waals surface area contributed by atoms with E-state index in [0.29, 0.717) is 13.1 Å². The number of hydrogen-bond acceptors (Lipinski definition) is 4. The molecule has 20 heavy (non-hydrogen) atoms. The van der Waals surface area contributed by atoms with Crippen molar-refractivity contribution in [3.8, 4) is 0 Å². The third kappa shape index (κ3) is 5.68. The average molecular weight is 305 g/mol. The van der Waals surface area contributed by atoms with Crippen molar-refractivity contribution in [1.82, 2.24) is 14.9 Å². The highest BCUT2D eigenvalue weighted by Crippen LogP contribution is 2.29. The minimum Gasteiger partial charge on any atom is -0.315 e. The second-order valence-electron chi connectivity index (χ2n) is 6.49. The summed E-state index contributed by atoms with van der Waals surface area (Å²) >= 11 is 0. The first kappa shape index (κ1) is 17.9. The summed E-state index contributed by atoms with van der Waals surface area (Å²) in [6.45, 7) is 10.1. The van der Waals surface area contributed by atoms with Gasteiger partial charge in [0.15, 0.2) is 0 Å². The fourth-order valence-corrected chi connectivity index (χ4v) is 3.52. The average Bonchev–Trinajstić information content (AvgIpc) is 2.41. The van der Waals surface area contributed by atoms with Gasteiger partial charge in [-0.15, -0.1) is 0 Å². The maximum atomic E-state index is 12.2. The van der Waals surface area contributed by atoms with Crippen molar-refractivity contribution in [2.45, 2.75) is 45.3 Å². The molecule has 5 nitrogen and oxygen atoms in total. The van der Waals surface area contributed by atoms with Gasteiger partial charge in [0.2, 0.25) is 10.0 Å². The van der Waals surface area contributed by atoms with Crippen LogP contribution in [0.25, 0.3) is 0 Å². The predicted molar refractivity (Wildman–Crippen MR) is 84.4 cm³/mol. The molecule has 1 atom stereocenters. The molecular formula is C14H31N3O2S. The van der Waals surface area contributed by atoms with E-state index in [9.17, 15) is 8.42 Å². The van der Waals surface area contributed by atoms with Gasteiger partial charge in [0.05, 0.1) is 5.25 Å². The summed E-state index contributed by atoms with van der Waals surface area (Å²) in [5.41, 5.74) is 0.0934. The summed E-state index contributed by atoms with van der Waals surface area (Å²) in [5, 5.41) is 2.78. The van der Waals surface area contributed by atoms with Crippen LogP contribution in [0, 0.1) is 5.41 Å². The summed E-state index contributed by atoms with van der Waals surface area (Å²) in [4.78, 5) is 2.30. The molecule has 6 heteroatoms. The van der Waals surface area contributed by atoms with E-state index in [1.54, 1.807) is 6.92 Å². The monoisotopic (exact) mass is 305 g/mol. The van der Waals surface area contributed by atoms with Crippen LogP contribution in [0.2, 0.25) is 0 Å². The smallest absolute Gasteiger partial charge is 0.215 e. The Bertz CT molecular complexity index is 376. The number of hydrogen-bond donors (Lipinski definition) is 2. The number of likely N-dealkylation sites (tertiary alicyclic amines) is 1. The molecule has 1 aliphatic rings. The predicted octanol–water partition coefficient (Wildman–Crippen LogP) is 1.03. The maximum absolute atomic E-state index is 12.2. The van der Waals surface area contributed by atoms with E-state index in [1.165, 1.54) is 0 Å². The van der Waals surface area contributed by atoms with Crippen LogP contribution in [0.5, 0.6) is 0 Å². The number of nitrogens with one attached hydrogen (secondary N) is 2. The molecule has 120 valence electrons. The quantitative estimate of drug-likeness (QED) is 0.658. The van der Waals surface area contributed by atoms with E-state index in [-0.39, 0.29) is 10.7 Å². The minimum atomic E-state index is -3.22. The van der Waals surface area contributed by atoms with E-state index < -0.39 is 10.0 Å². The van der Waals surface area contributed by atoms with E-state index in [1.807, 2.05) is 0 Å². The molecule has 0 radical (unpaired) electrons. The van der Waals surface area contributed by atoms with Gasteiger partial charge in [-0.3, -0.25) is 0 Å². The lowest BCUT2D eigenvalue weighted by atomic mass is 9.81. The minimum absolute atomic E-state index is 0.0934. The second-order valence-corrected chi connectivity index (χ2v) is 8.68. The van der Waals surface area contributed by atoms with Crippen molar-refractivity contribution in [2.75, 3.05) is 39.8 Å². The highest BCUT2D eigenvalue weighted by molar-refractivity contribution is 7.90. The van der Waals surface area contributed by atoms with E-state index in [2.05, 4.69) is 35.8 Å². The van der Waals surface area contributed by atoms with Crippen molar-refractivity contribution in [2.24, 2.45) is 5.41 Å². The van der Waals surface area contributed by atoms with Crippen LogP contribution < -0.4 is 10.0 Å². The Morgan fingerprint density at radius 2 is 1.90 bits per heavy atom. The molecule has 1 fully saturated rings. The van der Waals surface area contributed by atoms with Gasteiger partial charge in [-0.05, 0) is 58.3 Å². The molecular weight excluding hydrogens is 274 g/mol. The van der Waals surface area contributed by atoms with Crippen LogP contribution >= 0.6 is 0 Å². The highest BCUT2D eigenvalue weighted by atomic mass is 32.2. The molecule has 2 N–H and O–H groups in total. The van der Waals surface area contributed by atoms with Crippen LogP contribution in [0.3, 0.4) is 0 Å². The highest BCUT2D eigenvalue weighted by Gasteiger charge is 2.31. The summed E-state index contributed by atoms with van der Waals surface area (Å²) in [6.07, 6.45) is 3.12. The van der Waals surface area contributed by atoms with Gasteiger partial charge in [0.25, 0.3) is 0 Å². The van der Waals surface area contributed by atoms with E-state index in [0.717, 1.165) is 38.9 Å². The Morgan fingerprint density at radius 3 is 2.45 bits per heavy atom. The molecule has 0 aromatic heterocycles. The molecule has 1 aliphatic heterocycles. The van der Waals surface area contributed by atoms with Crippen LogP contribution in [-0.2, 0) is 10.0 Å². The largest absolute Gasteiger partial charge is 0.315 e. The Balaban J connectivity index is 2.42. The van der Waals surface area contributed by atoms with Gasteiger partial charge in [0.1, 0.15) is 0 Å². The summed E-state index contributed by atoms with van der Waals surface area (Å²) < 4.78 is 27.2. The molecule has 0 bridgehead atoms. The van der Waals surface area contributed by atoms with Crippen LogP contribution in [0.4, 0.5) is 0 Å². The Morgan fingerprint density at radius 1 is 1.30 bits per heavy atom. The van der Waals surface area contributed by atoms with Crippen molar-refractivity contribution in [3.63, 3.8) is 0 Å². The van der Waals surface area contributed by atoms with E-state index >= 15 is 0 Å². The van der Waals surface area contributed by atoms with Gasteiger partial charge in [-0.2, -0.15) is 0 Å². The molecule has 0 aromatic rings. The number of sulfonamides is 1. The van der Waals surface area contributed by atoms with Crippen molar-refractivity contribution < 1.29 is 8.42 Å². The van der Waals surface area contributed by atoms with Crippen molar-refractivity contribution >= 4 is 10.0 Å². The first-order chi connectivity index (χ1) is 9.29. The lowest BCUT2D eigenvalue weighted by Crippen LogP contribution is -2.46. The second kappa shape index (κ2) is 7.73. The third-order valence-electron chi connectivity index (χ3n) is 4.28. The first-order valence-electron chi connectivity index (χ1n) is 7.67. The van der Waals surface area contributed by atoms with Crippen LogP contribution in [0.1, 0.15) is 40.0 Å². The summed E-state index contributed by atoms with van der Waals surface area (Å²) in [7, 11) is -1.10. The first-order valence-corrected chi connectivity index (χ1v) is 9.21. The molecule has 1 heterocycles. The Labute approximate surface area is 124 Å². The van der Waals surface area contributed by atoms with Gasteiger partial charge >= 0.3 is 0 Å². The molecule has 0 spiro atoms. The van der Waals surface area contributed by atoms with Gasteiger partial charge in [-0.1, -0.05) is 13.8 Å².